The molecule has 0 unspecified atom stereocenters. The summed E-state index contributed by atoms with van der Waals surface area (Å²) in [5.41, 5.74) is 2.41. The topological polar surface area (TPSA) is 51.5 Å². The van der Waals surface area contributed by atoms with Crippen molar-refractivity contribution in [2.45, 2.75) is 39.3 Å². The van der Waals surface area contributed by atoms with Crippen LogP contribution in [0.15, 0.2) is 71.1 Å². The number of rotatable bonds is 6. The fraction of sp³-hybridized carbons (Fsp3) is 0.261. The van der Waals surface area contributed by atoms with Crippen molar-refractivity contribution in [3.63, 3.8) is 0 Å². The fourth-order valence-corrected chi connectivity index (χ4v) is 2.65. The Morgan fingerprint density at radius 3 is 2.33 bits per heavy atom. The number of hydrogen-bond acceptors (Lipinski definition) is 3. The van der Waals surface area contributed by atoms with Crippen LogP contribution in [-0.2, 0) is 18.6 Å². The van der Waals surface area contributed by atoms with Gasteiger partial charge in [0.25, 0.3) is 5.91 Å². The number of carbonyl (C=O) groups is 1. The predicted molar refractivity (Wildman–Crippen MR) is 106 cm³/mol. The molecule has 0 spiro atoms. The zero-order valence-electron chi connectivity index (χ0n) is 16.0. The molecule has 0 aliphatic rings. The molecule has 27 heavy (non-hydrogen) atoms. The van der Waals surface area contributed by atoms with E-state index >= 15 is 0 Å². The van der Waals surface area contributed by atoms with Gasteiger partial charge in [-0.2, -0.15) is 0 Å². The summed E-state index contributed by atoms with van der Waals surface area (Å²) in [7, 11) is 0. The minimum absolute atomic E-state index is 0.113. The zero-order chi connectivity index (χ0) is 19.3. The summed E-state index contributed by atoms with van der Waals surface area (Å²) in [6, 6.07) is 21.2. The number of ether oxygens (including phenoxy) is 1. The van der Waals surface area contributed by atoms with Crippen molar-refractivity contribution in [1.29, 1.82) is 0 Å². The second-order valence-electron chi connectivity index (χ2n) is 7.50. The molecule has 1 N–H and O–H groups in total. The van der Waals surface area contributed by atoms with Crippen LogP contribution in [0.5, 0.6) is 5.75 Å². The summed E-state index contributed by atoms with van der Waals surface area (Å²) < 4.78 is 11.4. The smallest absolute Gasteiger partial charge is 0.287 e. The largest absolute Gasteiger partial charge is 0.486 e. The van der Waals surface area contributed by atoms with Gasteiger partial charge in [0, 0.05) is 6.54 Å². The minimum atomic E-state index is -0.236. The highest BCUT2D eigenvalue weighted by Gasteiger charge is 2.14. The number of nitrogens with one attached hydrogen (secondary N) is 1. The van der Waals surface area contributed by atoms with Crippen LogP contribution >= 0.6 is 0 Å². The molecule has 0 atom stereocenters. The van der Waals surface area contributed by atoms with Gasteiger partial charge in [-0.05, 0) is 40.8 Å². The highest BCUT2D eigenvalue weighted by Crippen LogP contribution is 2.24. The SMILES string of the molecule is CC(C)(C)c1ccc(OCc2ccc(C(=O)NCc3ccccc3)o2)cc1. The maximum atomic E-state index is 12.2. The lowest BCUT2D eigenvalue weighted by atomic mass is 9.87. The molecule has 0 saturated carbocycles. The number of furan rings is 1. The molecule has 3 aromatic rings. The van der Waals surface area contributed by atoms with Gasteiger partial charge in [-0.3, -0.25) is 4.79 Å². The number of benzene rings is 2. The van der Waals surface area contributed by atoms with Gasteiger partial charge in [0.15, 0.2) is 5.76 Å². The highest BCUT2D eigenvalue weighted by atomic mass is 16.5. The van der Waals surface area contributed by atoms with Crippen LogP contribution in [0.3, 0.4) is 0 Å². The van der Waals surface area contributed by atoms with Crippen molar-refractivity contribution < 1.29 is 13.9 Å². The van der Waals surface area contributed by atoms with Gasteiger partial charge in [-0.25, -0.2) is 0 Å². The first-order chi connectivity index (χ1) is 12.9. The van der Waals surface area contributed by atoms with Crippen molar-refractivity contribution >= 4 is 5.91 Å². The van der Waals surface area contributed by atoms with E-state index in [1.165, 1.54) is 5.56 Å². The van der Waals surface area contributed by atoms with Gasteiger partial charge in [-0.1, -0.05) is 63.2 Å². The van der Waals surface area contributed by atoms with Crippen molar-refractivity contribution in [3.8, 4) is 5.75 Å². The van der Waals surface area contributed by atoms with E-state index in [1.54, 1.807) is 12.1 Å². The molecule has 0 fully saturated rings. The van der Waals surface area contributed by atoms with Gasteiger partial charge >= 0.3 is 0 Å². The van der Waals surface area contributed by atoms with Crippen LogP contribution in [0.4, 0.5) is 0 Å². The van der Waals surface area contributed by atoms with Gasteiger partial charge in [0.2, 0.25) is 0 Å². The Bertz CT molecular complexity index is 874. The van der Waals surface area contributed by atoms with Crippen molar-refractivity contribution in [3.05, 3.63) is 89.4 Å². The van der Waals surface area contributed by atoms with Crippen LogP contribution in [0.2, 0.25) is 0 Å². The molecule has 0 aliphatic carbocycles. The average Bonchev–Trinajstić information content (AvgIpc) is 3.14. The molecule has 1 aromatic heterocycles. The first kappa shape index (κ1) is 18.8. The lowest BCUT2D eigenvalue weighted by Gasteiger charge is -2.19. The van der Waals surface area contributed by atoms with E-state index in [2.05, 4.69) is 38.2 Å². The van der Waals surface area contributed by atoms with Crippen molar-refractivity contribution in [1.82, 2.24) is 5.32 Å². The summed E-state index contributed by atoms with van der Waals surface area (Å²) >= 11 is 0. The summed E-state index contributed by atoms with van der Waals surface area (Å²) in [6.45, 7) is 7.27. The van der Waals surface area contributed by atoms with E-state index in [1.807, 2.05) is 42.5 Å². The molecule has 0 radical (unpaired) electrons. The maximum absolute atomic E-state index is 12.2. The van der Waals surface area contributed by atoms with Gasteiger partial charge in [-0.15, -0.1) is 0 Å². The average molecular weight is 363 g/mol. The zero-order valence-corrected chi connectivity index (χ0v) is 16.0. The molecular weight excluding hydrogens is 338 g/mol. The second-order valence-corrected chi connectivity index (χ2v) is 7.50. The highest BCUT2D eigenvalue weighted by molar-refractivity contribution is 5.91. The van der Waals surface area contributed by atoms with Gasteiger partial charge in [0.1, 0.15) is 18.1 Å². The maximum Gasteiger partial charge on any atom is 0.287 e. The summed E-state index contributed by atoms with van der Waals surface area (Å²) in [6.07, 6.45) is 0. The van der Waals surface area contributed by atoms with E-state index in [9.17, 15) is 4.79 Å². The molecule has 4 heteroatoms. The summed E-state index contributed by atoms with van der Waals surface area (Å²) in [4.78, 5) is 12.2. The summed E-state index contributed by atoms with van der Waals surface area (Å²) in [5.74, 6) is 1.43. The summed E-state index contributed by atoms with van der Waals surface area (Å²) in [5, 5.41) is 2.85. The van der Waals surface area contributed by atoms with Gasteiger partial charge in [0.05, 0.1) is 0 Å². The van der Waals surface area contributed by atoms with E-state index in [0.717, 1.165) is 11.3 Å². The Hall–Kier alpha value is -3.01. The third kappa shape index (κ3) is 5.23. The first-order valence-corrected chi connectivity index (χ1v) is 9.06. The van der Waals surface area contributed by atoms with Crippen LogP contribution in [-0.4, -0.2) is 5.91 Å². The van der Waals surface area contributed by atoms with Crippen molar-refractivity contribution in [2.75, 3.05) is 0 Å². The van der Waals surface area contributed by atoms with Crippen LogP contribution in [0, 0.1) is 0 Å². The molecule has 4 nitrogen and oxygen atoms in total. The molecule has 140 valence electrons. The Kier molecular flexibility index (Phi) is 5.65. The third-order valence-electron chi connectivity index (χ3n) is 4.28. The lowest BCUT2D eigenvalue weighted by molar-refractivity contribution is 0.0919. The molecule has 0 saturated heterocycles. The molecular formula is C23H25NO3. The monoisotopic (exact) mass is 363 g/mol. The van der Waals surface area contributed by atoms with Crippen LogP contribution in [0.1, 0.15) is 48.2 Å². The Morgan fingerprint density at radius 2 is 1.67 bits per heavy atom. The normalized spacial score (nSPS) is 11.2. The standard InChI is InChI=1S/C23H25NO3/c1-23(2,3)18-9-11-19(12-10-18)26-16-20-13-14-21(27-20)22(25)24-15-17-7-5-4-6-8-17/h4-14H,15-16H2,1-3H3,(H,24,25). The fourth-order valence-electron chi connectivity index (χ4n) is 2.65. The molecule has 2 aromatic carbocycles. The first-order valence-electron chi connectivity index (χ1n) is 9.06. The Balaban J connectivity index is 1.52. The molecule has 0 aliphatic heterocycles. The van der Waals surface area contributed by atoms with E-state index in [4.69, 9.17) is 9.15 Å². The van der Waals surface area contributed by atoms with Crippen LogP contribution in [0.25, 0.3) is 0 Å². The molecule has 1 amide bonds. The molecule has 3 rings (SSSR count). The number of amides is 1. The van der Waals surface area contributed by atoms with Gasteiger partial charge < -0.3 is 14.5 Å². The number of carbonyl (C=O) groups excluding carboxylic acids is 1. The Labute approximate surface area is 160 Å². The molecule has 1 heterocycles. The van der Waals surface area contributed by atoms with Crippen molar-refractivity contribution in [2.24, 2.45) is 0 Å². The lowest BCUT2D eigenvalue weighted by Crippen LogP contribution is -2.22. The Morgan fingerprint density at radius 1 is 0.963 bits per heavy atom. The van der Waals surface area contributed by atoms with E-state index < -0.39 is 0 Å². The van der Waals surface area contributed by atoms with Crippen LogP contribution < -0.4 is 10.1 Å². The third-order valence-corrected chi connectivity index (χ3v) is 4.28. The minimum Gasteiger partial charge on any atom is -0.486 e. The second kappa shape index (κ2) is 8.12. The number of hydrogen-bond donors (Lipinski definition) is 1. The quantitative estimate of drug-likeness (QED) is 0.664. The molecule has 0 bridgehead atoms. The van der Waals surface area contributed by atoms with E-state index in [0.29, 0.717) is 12.3 Å². The predicted octanol–water partition coefficient (Wildman–Crippen LogP) is 5.09. The van der Waals surface area contributed by atoms with E-state index in [-0.39, 0.29) is 23.7 Å².